The highest BCUT2D eigenvalue weighted by atomic mass is 35.5. The van der Waals surface area contributed by atoms with E-state index in [1.54, 1.807) is 11.0 Å². The highest BCUT2D eigenvalue weighted by Gasteiger charge is 2.73. The molecule has 3 amide bonds. The maximum absolute atomic E-state index is 13.9. The molecule has 3 heterocycles. The lowest BCUT2D eigenvalue weighted by Gasteiger charge is -2.39. The summed E-state index contributed by atoms with van der Waals surface area (Å²) in [6, 6.07) is 2.90. The third-order valence-electron chi connectivity index (χ3n) is 9.15. The minimum Gasteiger partial charge on any atom is -0.359 e. The van der Waals surface area contributed by atoms with Gasteiger partial charge in [-0.05, 0) is 49.8 Å². The molecule has 1 aliphatic carbocycles. The predicted molar refractivity (Wildman–Crippen MR) is 138 cm³/mol. The first kappa shape index (κ1) is 26.2. The predicted octanol–water partition coefficient (Wildman–Crippen LogP) is 4.31. The Balaban J connectivity index is 1.45. The van der Waals surface area contributed by atoms with Crippen molar-refractivity contribution in [3.05, 3.63) is 41.2 Å². The van der Waals surface area contributed by atoms with Crippen molar-refractivity contribution in [3.63, 3.8) is 0 Å². The van der Waals surface area contributed by atoms with Gasteiger partial charge >= 0.3 is 0 Å². The summed E-state index contributed by atoms with van der Waals surface area (Å²) >= 11 is 5.89. The van der Waals surface area contributed by atoms with Crippen molar-refractivity contribution in [3.8, 4) is 0 Å². The fourth-order valence-corrected chi connectivity index (χ4v) is 6.90. The van der Waals surface area contributed by atoms with Crippen LogP contribution in [0.1, 0.15) is 53.4 Å². The number of carbonyl (C=O) groups is 3. The van der Waals surface area contributed by atoms with E-state index in [-0.39, 0.29) is 28.9 Å². The largest absolute Gasteiger partial charge is 0.359 e. The fourth-order valence-electron chi connectivity index (χ4n) is 6.72. The van der Waals surface area contributed by atoms with Crippen LogP contribution in [-0.4, -0.2) is 52.5 Å². The lowest BCUT2D eigenvalue weighted by Crippen LogP contribution is -2.59. The molecule has 2 bridgehead atoms. The second-order valence-electron chi connectivity index (χ2n) is 11.2. The number of halogens is 2. The van der Waals surface area contributed by atoms with Crippen LogP contribution in [0.5, 0.6) is 0 Å². The Morgan fingerprint density at radius 3 is 2.73 bits per heavy atom. The van der Waals surface area contributed by atoms with E-state index in [2.05, 4.69) is 24.5 Å². The van der Waals surface area contributed by atoms with Crippen LogP contribution in [0.15, 0.2) is 30.4 Å². The number of nitrogens with zero attached hydrogens (tertiary/aromatic N) is 1. The number of hydrogen-bond acceptors (Lipinski definition) is 4. The summed E-state index contributed by atoms with van der Waals surface area (Å²) in [5.41, 5.74) is -0.877. The molecule has 3 fully saturated rings. The first-order valence-electron chi connectivity index (χ1n) is 13.3. The van der Waals surface area contributed by atoms with Gasteiger partial charge < -0.3 is 20.3 Å². The minimum absolute atomic E-state index is 0.0329. The zero-order chi connectivity index (χ0) is 26.6. The molecule has 3 aliphatic heterocycles. The van der Waals surface area contributed by atoms with Gasteiger partial charge in [-0.25, -0.2) is 4.39 Å². The van der Waals surface area contributed by atoms with Gasteiger partial charge in [-0.2, -0.15) is 0 Å². The number of benzene rings is 1. The number of rotatable bonds is 6. The number of nitrogens with one attached hydrogen (secondary N) is 2. The second kappa shape index (κ2) is 9.70. The lowest BCUT2D eigenvalue weighted by molar-refractivity contribution is -0.144. The van der Waals surface area contributed by atoms with E-state index in [1.807, 2.05) is 19.9 Å². The maximum atomic E-state index is 13.9. The van der Waals surface area contributed by atoms with Crippen molar-refractivity contribution in [1.29, 1.82) is 0 Å². The monoisotopic (exact) mass is 531 g/mol. The molecule has 1 saturated carbocycles. The number of hydrogen-bond donors (Lipinski definition) is 2. The molecule has 1 spiro atoms. The van der Waals surface area contributed by atoms with Crippen molar-refractivity contribution in [2.24, 2.45) is 23.7 Å². The van der Waals surface area contributed by atoms with Crippen LogP contribution in [-0.2, 0) is 19.1 Å². The van der Waals surface area contributed by atoms with E-state index < -0.39 is 41.3 Å². The molecule has 2 saturated heterocycles. The van der Waals surface area contributed by atoms with Crippen LogP contribution in [0.3, 0.4) is 0 Å². The first-order valence-corrected chi connectivity index (χ1v) is 13.7. The Morgan fingerprint density at radius 2 is 2.03 bits per heavy atom. The molecule has 9 atom stereocenters. The topological polar surface area (TPSA) is 87.7 Å². The van der Waals surface area contributed by atoms with Crippen LogP contribution in [0.4, 0.5) is 10.1 Å². The van der Waals surface area contributed by atoms with Crippen LogP contribution < -0.4 is 10.6 Å². The molecular weight excluding hydrogens is 497 g/mol. The average molecular weight is 532 g/mol. The van der Waals surface area contributed by atoms with Crippen LogP contribution in [0.25, 0.3) is 0 Å². The van der Waals surface area contributed by atoms with Crippen molar-refractivity contribution < 1.29 is 23.5 Å². The average Bonchev–Trinajstić information content (AvgIpc) is 3.51. The molecular formula is C28H35ClFN3O4. The van der Waals surface area contributed by atoms with Crippen molar-refractivity contribution in [2.45, 2.75) is 83.2 Å². The SMILES string of the molecule is CC[C@H](C)N1C(=O)[C@H]2[C@H](C(=O)Nc3ccc(F)c(Cl)c3)[C@H]3C=C[C@@]2(O3)[C@@H]1C(=O)N[C@@H]1CCC[C@H](C)[C@@H]1C. The molecule has 37 heavy (non-hydrogen) atoms. The summed E-state index contributed by atoms with van der Waals surface area (Å²) in [6.45, 7) is 8.28. The Hall–Kier alpha value is -2.45. The molecule has 0 aromatic heterocycles. The molecule has 4 aliphatic rings. The Bertz CT molecular complexity index is 1140. The number of ether oxygens (including phenoxy) is 1. The van der Waals surface area contributed by atoms with E-state index in [4.69, 9.17) is 16.3 Å². The standard InChI is InChI=1S/C28H35ClFN3O4/c1-5-15(3)33-24(26(35)32-20-8-6-7-14(2)16(20)4)28-12-11-21(37-28)22(23(28)27(33)36)25(34)31-17-9-10-19(30)18(29)13-17/h9-16,20-24H,5-8H2,1-4H3,(H,31,34)(H,32,35)/t14-,15-,16-,20+,21+,22+,23+,24-,28-/m0/s1. The van der Waals surface area contributed by atoms with Crippen LogP contribution in [0, 0.1) is 29.5 Å². The van der Waals surface area contributed by atoms with E-state index in [0.717, 1.165) is 19.3 Å². The van der Waals surface area contributed by atoms with Crippen LogP contribution >= 0.6 is 11.6 Å². The summed E-state index contributed by atoms with van der Waals surface area (Å²) in [5.74, 6) is -2.29. The molecule has 9 heteroatoms. The van der Waals surface area contributed by atoms with Crippen molar-refractivity contribution >= 4 is 35.0 Å². The molecule has 1 aromatic carbocycles. The van der Waals surface area contributed by atoms with Crippen LogP contribution in [0.2, 0.25) is 5.02 Å². The van der Waals surface area contributed by atoms with Gasteiger partial charge in [0.25, 0.3) is 0 Å². The number of amides is 3. The van der Waals surface area contributed by atoms with E-state index >= 15 is 0 Å². The Labute approximate surface area is 222 Å². The fraction of sp³-hybridized carbons (Fsp3) is 0.607. The molecule has 0 radical (unpaired) electrons. The molecule has 200 valence electrons. The third-order valence-corrected chi connectivity index (χ3v) is 9.44. The molecule has 0 unspecified atom stereocenters. The van der Waals surface area contributed by atoms with Gasteiger partial charge in [0.1, 0.15) is 17.5 Å². The summed E-state index contributed by atoms with van der Waals surface area (Å²) < 4.78 is 20.0. The number of fused-ring (bicyclic) bond motifs is 1. The van der Waals surface area contributed by atoms with Gasteiger partial charge in [0.05, 0.1) is 23.0 Å². The molecule has 5 rings (SSSR count). The molecule has 2 N–H and O–H groups in total. The minimum atomic E-state index is -1.21. The third kappa shape index (κ3) is 4.16. The number of anilines is 1. The summed E-state index contributed by atoms with van der Waals surface area (Å²) in [7, 11) is 0. The van der Waals surface area contributed by atoms with Gasteiger partial charge in [-0.15, -0.1) is 0 Å². The highest BCUT2D eigenvalue weighted by molar-refractivity contribution is 6.31. The van der Waals surface area contributed by atoms with E-state index in [0.29, 0.717) is 23.9 Å². The van der Waals surface area contributed by atoms with Gasteiger partial charge in [0.2, 0.25) is 17.7 Å². The Morgan fingerprint density at radius 1 is 1.27 bits per heavy atom. The normalized spacial score (nSPS) is 37.0. The number of likely N-dealkylation sites (tertiary alicyclic amines) is 1. The molecule has 1 aromatic rings. The maximum Gasteiger partial charge on any atom is 0.246 e. The molecule has 7 nitrogen and oxygen atoms in total. The zero-order valence-electron chi connectivity index (χ0n) is 21.7. The van der Waals surface area contributed by atoms with E-state index in [9.17, 15) is 18.8 Å². The second-order valence-corrected chi connectivity index (χ2v) is 11.6. The van der Waals surface area contributed by atoms with Gasteiger partial charge in [-0.3, -0.25) is 14.4 Å². The van der Waals surface area contributed by atoms with E-state index in [1.165, 1.54) is 18.2 Å². The Kier molecular flexibility index (Phi) is 6.86. The lowest BCUT2D eigenvalue weighted by atomic mass is 9.73. The van der Waals surface area contributed by atoms with Gasteiger partial charge in [0, 0.05) is 17.8 Å². The van der Waals surface area contributed by atoms with Gasteiger partial charge in [0.15, 0.2) is 0 Å². The highest BCUT2D eigenvalue weighted by Crippen LogP contribution is 2.56. The first-order chi connectivity index (χ1) is 17.6. The zero-order valence-corrected chi connectivity index (χ0v) is 22.4. The quantitative estimate of drug-likeness (QED) is 0.536. The summed E-state index contributed by atoms with van der Waals surface area (Å²) in [6.07, 6.45) is 6.74. The number of carbonyl (C=O) groups excluding carboxylic acids is 3. The smallest absolute Gasteiger partial charge is 0.246 e. The summed E-state index contributed by atoms with van der Waals surface area (Å²) in [5, 5.41) is 5.92. The summed E-state index contributed by atoms with van der Waals surface area (Å²) in [4.78, 5) is 43.0. The van der Waals surface area contributed by atoms with Gasteiger partial charge in [-0.1, -0.05) is 57.4 Å². The van der Waals surface area contributed by atoms with Crippen molar-refractivity contribution in [1.82, 2.24) is 10.2 Å². The van der Waals surface area contributed by atoms with Crippen molar-refractivity contribution in [2.75, 3.05) is 5.32 Å².